The maximum absolute atomic E-state index is 13.6. The highest BCUT2D eigenvalue weighted by atomic mass is 35.5. The van der Waals surface area contributed by atoms with Gasteiger partial charge in [0.25, 0.3) is 5.91 Å². The van der Waals surface area contributed by atoms with Gasteiger partial charge in [-0.25, -0.2) is 4.39 Å². The summed E-state index contributed by atoms with van der Waals surface area (Å²) in [7, 11) is 0. The van der Waals surface area contributed by atoms with Crippen molar-refractivity contribution in [1.82, 2.24) is 9.88 Å². The Balaban J connectivity index is 1.59. The first-order chi connectivity index (χ1) is 14.5. The molecule has 0 aliphatic carbocycles. The highest BCUT2D eigenvalue weighted by Crippen LogP contribution is 2.34. The molecular formula is C24H20ClFN2O2. The summed E-state index contributed by atoms with van der Waals surface area (Å²) in [4.78, 5) is 18.1. The SMILES string of the molecule is Cc1cc(-c2ccc(F)c(Cl)c2)cc2c1[nH]c1cc(C(=O)N3CCOCC3)ccc12. The molecule has 6 heteroatoms. The van der Waals surface area contributed by atoms with Crippen molar-refractivity contribution in [3.05, 3.63) is 70.5 Å². The van der Waals surface area contributed by atoms with Gasteiger partial charge < -0.3 is 14.6 Å². The molecule has 5 rings (SSSR count). The number of ether oxygens (including phenoxy) is 1. The number of hydrogen-bond acceptors (Lipinski definition) is 2. The third kappa shape index (κ3) is 3.24. The van der Waals surface area contributed by atoms with Crippen LogP contribution in [0.4, 0.5) is 4.39 Å². The summed E-state index contributed by atoms with van der Waals surface area (Å²) in [5.74, 6) is -0.403. The second-order valence-electron chi connectivity index (χ2n) is 7.63. The second kappa shape index (κ2) is 7.42. The van der Waals surface area contributed by atoms with Gasteiger partial charge in [0.2, 0.25) is 0 Å². The predicted octanol–water partition coefficient (Wildman–Crippen LogP) is 5.56. The van der Waals surface area contributed by atoms with Crippen LogP contribution in [-0.2, 0) is 4.74 Å². The van der Waals surface area contributed by atoms with Crippen LogP contribution in [0, 0.1) is 12.7 Å². The van der Waals surface area contributed by atoms with Crippen molar-refractivity contribution in [3.8, 4) is 11.1 Å². The van der Waals surface area contributed by atoms with Crippen LogP contribution in [0.25, 0.3) is 32.9 Å². The molecule has 152 valence electrons. The van der Waals surface area contributed by atoms with Crippen LogP contribution in [0.3, 0.4) is 0 Å². The number of morpholine rings is 1. The van der Waals surface area contributed by atoms with Crippen molar-refractivity contribution in [2.45, 2.75) is 6.92 Å². The van der Waals surface area contributed by atoms with E-state index in [9.17, 15) is 9.18 Å². The van der Waals surface area contributed by atoms with Crippen LogP contribution < -0.4 is 0 Å². The minimum atomic E-state index is -0.428. The van der Waals surface area contributed by atoms with Crippen LogP contribution in [0.15, 0.2) is 48.5 Å². The number of carbonyl (C=O) groups excluding carboxylic acids is 1. The summed E-state index contributed by atoms with van der Waals surface area (Å²) in [5, 5.41) is 2.21. The molecule has 1 aliphatic rings. The molecule has 0 saturated carbocycles. The summed E-state index contributed by atoms with van der Waals surface area (Å²) in [6.07, 6.45) is 0. The lowest BCUT2D eigenvalue weighted by Crippen LogP contribution is -2.40. The van der Waals surface area contributed by atoms with E-state index in [4.69, 9.17) is 16.3 Å². The molecule has 1 fully saturated rings. The lowest BCUT2D eigenvalue weighted by atomic mass is 9.99. The fourth-order valence-electron chi connectivity index (χ4n) is 4.11. The lowest BCUT2D eigenvalue weighted by Gasteiger charge is -2.26. The van der Waals surface area contributed by atoms with Crippen LogP contribution in [0.1, 0.15) is 15.9 Å². The number of amides is 1. The molecule has 1 saturated heterocycles. The Kier molecular flexibility index (Phi) is 4.72. The number of rotatable bonds is 2. The van der Waals surface area contributed by atoms with Gasteiger partial charge in [-0.15, -0.1) is 0 Å². The van der Waals surface area contributed by atoms with E-state index in [0.717, 1.165) is 38.5 Å². The van der Waals surface area contributed by atoms with Gasteiger partial charge in [-0.3, -0.25) is 4.79 Å². The highest BCUT2D eigenvalue weighted by Gasteiger charge is 2.19. The number of H-pyrrole nitrogens is 1. The number of aromatic nitrogens is 1. The molecule has 0 atom stereocenters. The Morgan fingerprint density at radius 1 is 1.03 bits per heavy atom. The Morgan fingerprint density at radius 3 is 2.60 bits per heavy atom. The molecule has 0 unspecified atom stereocenters. The lowest BCUT2D eigenvalue weighted by molar-refractivity contribution is 0.0303. The number of benzene rings is 3. The molecule has 4 aromatic rings. The monoisotopic (exact) mass is 422 g/mol. The largest absolute Gasteiger partial charge is 0.378 e. The molecule has 3 aromatic carbocycles. The van der Waals surface area contributed by atoms with Gasteiger partial charge in [0, 0.05) is 40.5 Å². The number of halogens is 2. The number of nitrogens with zero attached hydrogens (tertiary/aromatic N) is 1. The van der Waals surface area contributed by atoms with E-state index in [0.29, 0.717) is 31.9 Å². The number of carbonyl (C=O) groups is 1. The van der Waals surface area contributed by atoms with Gasteiger partial charge in [-0.05, 0) is 60.0 Å². The van der Waals surface area contributed by atoms with Crippen molar-refractivity contribution in [3.63, 3.8) is 0 Å². The van der Waals surface area contributed by atoms with Gasteiger partial charge in [-0.1, -0.05) is 23.7 Å². The average Bonchev–Trinajstić information content (AvgIpc) is 3.14. The number of fused-ring (bicyclic) bond motifs is 3. The molecule has 1 aromatic heterocycles. The van der Waals surface area contributed by atoms with Gasteiger partial charge >= 0.3 is 0 Å². The zero-order valence-electron chi connectivity index (χ0n) is 16.5. The van der Waals surface area contributed by atoms with E-state index in [2.05, 4.69) is 17.1 Å². The summed E-state index contributed by atoms with van der Waals surface area (Å²) in [6.45, 7) is 4.43. The summed E-state index contributed by atoms with van der Waals surface area (Å²) in [5.41, 5.74) is 5.51. The van der Waals surface area contributed by atoms with Gasteiger partial charge in [0.1, 0.15) is 5.82 Å². The number of hydrogen-bond donors (Lipinski definition) is 1. The van der Waals surface area contributed by atoms with E-state index in [1.165, 1.54) is 6.07 Å². The minimum absolute atomic E-state index is 0.0252. The third-order valence-corrected chi connectivity index (χ3v) is 5.99. The summed E-state index contributed by atoms with van der Waals surface area (Å²) in [6, 6.07) is 14.7. The zero-order valence-corrected chi connectivity index (χ0v) is 17.2. The minimum Gasteiger partial charge on any atom is -0.378 e. The van der Waals surface area contributed by atoms with E-state index >= 15 is 0 Å². The first kappa shape index (κ1) is 19.1. The van der Waals surface area contributed by atoms with Crippen LogP contribution >= 0.6 is 11.6 Å². The molecule has 0 spiro atoms. The first-order valence-electron chi connectivity index (χ1n) is 9.90. The summed E-state index contributed by atoms with van der Waals surface area (Å²) >= 11 is 5.98. The smallest absolute Gasteiger partial charge is 0.254 e. The molecule has 30 heavy (non-hydrogen) atoms. The van der Waals surface area contributed by atoms with E-state index in [-0.39, 0.29) is 10.9 Å². The quantitative estimate of drug-likeness (QED) is 0.459. The van der Waals surface area contributed by atoms with Crippen molar-refractivity contribution in [2.75, 3.05) is 26.3 Å². The van der Waals surface area contributed by atoms with Crippen molar-refractivity contribution >= 4 is 39.3 Å². The predicted molar refractivity (Wildman–Crippen MR) is 118 cm³/mol. The Hall–Kier alpha value is -2.89. The van der Waals surface area contributed by atoms with Gasteiger partial charge in [-0.2, -0.15) is 0 Å². The molecule has 2 heterocycles. The van der Waals surface area contributed by atoms with Crippen molar-refractivity contribution in [2.24, 2.45) is 0 Å². The maximum Gasteiger partial charge on any atom is 0.254 e. The van der Waals surface area contributed by atoms with E-state index < -0.39 is 5.82 Å². The Bertz CT molecular complexity index is 1290. The third-order valence-electron chi connectivity index (χ3n) is 5.70. The first-order valence-corrected chi connectivity index (χ1v) is 10.3. The highest BCUT2D eigenvalue weighted by molar-refractivity contribution is 6.31. The topological polar surface area (TPSA) is 45.3 Å². The van der Waals surface area contributed by atoms with Crippen LogP contribution in [0.5, 0.6) is 0 Å². The fraction of sp³-hybridized carbons (Fsp3) is 0.208. The van der Waals surface area contributed by atoms with E-state index in [1.807, 2.05) is 30.0 Å². The Labute approximate surface area is 178 Å². The van der Waals surface area contributed by atoms with Crippen molar-refractivity contribution in [1.29, 1.82) is 0 Å². The fourth-order valence-corrected chi connectivity index (χ4v) is 4.29. The maximum atomic E-state index is 13.6. The molecule has 0 bridgehead atoms. The summed E-state index contributed by atoms with van der Waals surface area (Å²) < 4.78 is 18.9. The molecule has 1 amide bonds. The zero-order chi connectivity index (χ0) is 20.8. The Morgan fingerprint density at radius 2 is 1.83 bits per heavy atom. The van der Waals surface area contributed by atoms with Crippen LogP contribution in [-0.4, -0.2) is 42.1 Å². The average molecular weight is 423 g/mol. The van der Waals surface area contributed by atoms with Crippen molar-refractivity contribution < 1.29 is 13.9 Å². The second-order valence-corrected chi connectivity index (χ2v) is 8.04. The number of nitrogens with one attached hydrogen (secondary N) is 1. The number of aromatic amines is 1. The molecule has 1 N–H and O–H groups in total. The molecule has 0 radical (unpaired) electrons. The van der Waals surface area contributed by atoms with Crippen LogP contribution in [0.2, 0.25) is 5.02 Å². The standard InChI is InChI=1S/C24H20ClFN2O2/c1-14-10-17(15-3-5-21(26)20(25)12-15)11-19-18-4-2-16(13-22(18)27-23(14)19)24(29)28-6-8-30-9-7-28/h2-5,10-13,27H,6-9H2,1H3. The molecular weight excluding hydrogens is 403 g/mol. The van der Waals surface area contributed by atoms with Gasteiger partial charge in [0.05, 0.1) is 18.2 Å². The molecule has 4 nitrogen and oxygen atoms in total. The number of aryl methyl sites for hydroxylation is 1. The van der Waals surface area contributed by atoms with Gasteiger partial charge in [0.15, 0.2) is 0 Å². The van der Waals surface area contributed by atoms with E-state index in [1.54, 1.807) is 12.1 Å². The normalized spacial score (nSPS) is 14.6. The molecule has 1 aliphatic heterocycles.